The molecule has 1 saturated heterocycles. The molecule has 2 N–H and O–H groups in total. The summed E-state index contributed by atoms with van der Waals surface area (Å²) in [5.74, 6) is 0.497. The highest BCUT2D eigenvalue weighted by Gasteiger charge is 2.25. The summed E-state index contributed by atoms with van der Waals surface area (Å²) >= 11 is 0. The summed E-state index contributed by atoms with van der Waals surface area (Å²) in [6.07, 6.45) is 4.41. The molecule has 5 rings (SSSR count). The normalized spacial score (nSPS) is 18.0. The number of nitrogens with zero attached hydrogens (tertiary/aromatic N) is 2. The van der Waals surface area contributed by atoms with Crippen molar-refractivity contribution in [3.8, 4) is 11.1 Å². The maximum absolute atomic E-state index is 4.38. The van der Waals surface area contributed by atoms with Gasteiger partial charge in [-0.25, -0.2) is 0 Å². The summed E-state index contributed by atoms with van der Waals surface area (Å²) in [4.78, 5) is 6.14. The zero-order chi connectivity index (χ0) is 18.9. The highest BCUT2D eigenvalue weighted by molar-refractivity contribution is 5.80. The Morgan fingerprint density at radius 1 is 1.11 bits per heavy atom. The SMILES string of the molecule is Cc1ccc(-c2cn[nH]c2[C@@H]2CCCN(Cc3cc4ccccc4[nH]3)C2)cc1. The number of para-hydroxylation sites is 1. The van der Waals surface area contributed by atoms with E-state index >= 15 is 0 Å². The van der Waals surface area contributed by atoms with Crippen molar-refractivity contribution in [1.29, 1.82) is 0 Å². The van der Waals surface area contributed by atoms with Crippen LogP contribution in [0, 0.1) is 6.92 Å². The number of rotatable bonds is 4. The van der Waals surface area contributed by atoms with Gasteiger partial charge >= 0.3 is 0 Å². The van der Waals surface area contributed by atoms with Crippen molar-refractivity contribution in [3.05, 3.63) is 77.7 Å². The van der Waals surface area contributed by atoms with Gasteiger partial charge in [0.15, 0.2) is 0 Å². The van der Waals surface area contributed by atoms with Crippen LogP contribution in [0.4, 0.5) is 0 Å². The van der Waals surface area contributed by atoms with Crippen molar-refractivity contribution in [2.75, 3.05) is 13.1 Å². The van der Waals surface area contributed by atoms with Gasteiger partial charge in [-0.2, -0.15) is 5.10 Å². The van der Waals surface area contributed by atoms with E-state index in [2.05, 4.69) is 81.6 Å². The van der Waals surface area contributed by atoms with Gasteiger partial charge in [0.05, 0.1) is 6.20 Å². The lowest BCUT2D eigenvalue weighted by Gasteiger charge is -2.32. The second kappa shape index (κ2) is 7.28. The van der Waals surface area contributed by atoms with Gasteiger partial charge < -0.3 is 4.98 Å². The summed E-state index contributed by atoms with van der Waals surface area (Å²) < 4.78 is 0. The van der Waals surface area contributed by atoms with E-state index in [-0.39, 0.29) is 0 Å². The first kappa shape index (κ1) is 17.3. The molecule has 1 aliphatic heterocycles. The minimum atomic E-state index is 0.497. The number of H-pyrrole nitrogens is 2. The summed E-state index contributed by atoms with van der Waals surface area (Å²) in [6, 6.07) is 19.6. The summed E-state index contributed by atoms with van der Waals surface area (Å²) in [7, 11) is 0. The van der Waals surface area contributed by atoms with E-state index in [0.717, 1.165) is 19.6 Å². The monoisotopic (exact) mass is 370 g/mol. The molecule has 2 aromatic carbocycles. The van der Waals surface area contributed by atoms with Crippen LogP contribution in [-0.2, 0) is 6.54 Å². The first-order valence-corrected chi connectivity index (χ1v) is 10.2. The van der Waals surface area contributed by atoms with Crippen LogP contribution in [0.5, 0.6) is 0 Å². The molecule has 0 saturated carbocycles. The van der Waals surface area contributed by atoms with E-state index in [1.54, 1.807) is 0 Å². The average Bonchev–Trinajstić information content (AvgIpc) is 3.35. The molecule has 28 heavy (non-hydrogen) atoms. The molecular weight excluding hydrogens is 344 g/mol. The molecule has 2 aromatic heterocycles. The van der Waals surface area contributed by atoms with Crippen LogP contribution < -0.4 is 0 Å². The van der Waals surface area contributed by atoms with E-state index in [9.17, 15) is 0 Å². The van der Waals surface area contributed by atoms with Crippen molar-refractivity contribution in [2.24, 2.45) is 0 Å². The molecule has 0 bridgehead atoms. The molecular formula is C24H26N4. The number of likely N-dealkylation sites (tertiary alicyclic amines) is 1. The molecule has 3 heterocycles. The van der Waals surface area contributed by atoms with Gasteiger partial charge in [0.2, 0.25) is 0 Å². The molecule has 1 atom stereocenters. The average molecular weight is 371 g/mol. The number of piperidine rings is 1. The largest absolute Gasteiger partial charge is 0.357 e. The molecule has 142 valence electrons. The van der Waals surface area contributed by atoms with E-state index in [4.69, 9.17) is 0 Å². The number of fused-ring (bicyclic) bond motifs is 1. The Labute approximate surface area is 165 Å². The quantitative estimate of drug-likeness (QED) is 0.516. The Bertz CT molecular complexity index is 1040. The summed E-state index contributed by atoms with van der Waals surface area (Å²) in [5.41, 5.74) is 7.59. The smallest absolute Gasteiger partial charge is 0.0568 e. The number of aromatic amines is 2. The number of hydrogen-bond acceptors (Lipinski definition) is 2. The maximum Gasteiger partial charge on any atom is 0.0568 e. The minimum absolute atomic E-state index is 0.497. The first-order chi connectivity index (χ1) is 13.8. The molecule has 1 aliphatic rings. The van der Waals surface area contributed by atoms with Gasteiger partial charge in [-0.15, -0.1) is 0 Å². The lowest BCUT2D eigenvalue weighted by Crippen LogP contribution is -2.34. The third-order valence-corrected chi connectivity index (χ3v) is 5.92. The standard InChI is InChI=1S/C24H26N4/c1-17-8-10-18(11-9-17)22-14-25-27-24(22)20-6-4-12-28(15-20)16-21-13-19-5-2-3-7-23(19)26-21/h2-3,5,7-11,13-14,20,26H,4,6,12,15-16H2,1H3,(H,25,27)/t20-/m1/s1. The molecule has 4 nitrogen and oxygen atoms in total. The Morgan fingerprint density at radius 3 is 2.82 bits per heavy atom. The molecule has 0 amide bonds. The fourth-order valence-corrected chi connectivity index (χ4v) is 4.46. The predicted molar refractivity (Wildman–Crippen MR) is 114 cm³/mol. The molecule has 0 spiro atoms. The zero-order valence-corrected chi connectivity index (χ0v) is 16.3. The lowest BCUT2D eigenvalue weighted by atomic mass is 9.90. The molecule has 4 aromatic rings. The zero-order valence-electron chi connectivity index (χ0n) is 16.3. The third kappa shape index (κ3) is 3.36. The molecule has 1 fully saturated rings. The van der Waals surface area contributed by atoms with Crippen LogP contribution >= 0.6 is 0 Å². The van der Waals surface area contributed by atoms with E-state index < -0.39 is 0 Å². The van der Waals surface area contributed by atoms with Crippen LogP contribution in [0.15, 0.2) is 60.8 Å². The highest BCUT2D eigenvalue weighted by atomic mass is 15.2. The van der Waals surface area contributed by atoms with Gasteiger partial charge in [-0.05, 0) is 49.4 Å². The highest BCUT2D eigenvalue weighted by Crippen LogP contribution is 2.33. The number of nitrogens with one attached hydrogen (secondary N) is 2. The molecule has 0 radical (unpaired) electrons. The molecule has 4 heteroatoms. The number of aromatic nitrogens is 3. The first-order valence-electron chi connectivity index (χ1n) is 10.2. The summed E-state index contributed by atoms with van der Waals surface area (Å²) in [5, 5.41) is 8.99. The third-order valence-electron chi connectivity index (χ3n) is 5.92. The second-order valence-electron chi connectivity index (χ2n) is 8.02. The van der Waals surface area contributed by atoms with Crippen molar-refractivity contribution in [1.82, 2.24) is 20.1 Å². The van der Waals surface area contributed by atoms with Gasteiger partial charge in [0.25, 0.3) is 0 Å². The Hall–Kier alpha value is -2.85. The van der Waals surface area contributed by atoms with Gasteiger partial charge in [-0.3, -0.25) is 10.00 Å². The Balaban J connectivity index is 1.35. The lowest BCUT2D eigenvalue weighted by molar-refractivity contribution is 0.197. The van der Waals surface area contributed by atoms with Gasteiger partial charge in [0.1, 0.15) is 0 Å². The van der Waals surface area contributed by atoms with Crippen LogP contribution in [0.3, 0.4) is 0 Å². The minimum Gasteiger partial charge on any atom is -0.357 e. The van der Waals surface area contributed by atoms with E-state index in [1.807, 2.05) is 6.20 Å². The second-order valence-corrected chi connectivity index (χ2v) is 8.02. The summed E-state index contributed by atoms with van der Waals surface area (Å²) in [6.45, 7) is 5.32. The fraction of sp³-hybridized carbons (Fsp3) is 0.292. The number of benzene rings is 2. The van der Waals surface area contributed by atoms with Crippen molar-refractivity contribution in [2.45, 2.75) is 32.2 Å². The fourth-order valence-electron chi connectivity index (χ4n) is 4.46. The predicted octanol–water partition coefficient (Wildman–Crippen LogP) is 5.25. The van der Waals surface area contributed by atoms with E-state index in [1.165, 1.54) is 51.8 Å². The molecule has 0 aliphatic carbocycles. The van der Waals surface area contributed by atoms with Gasteiger partial charge in [0, 0.05) is 41.5 Å². The van der Waals surface area contributed by atoms with Crippen molar-refractivity contribution in [3.63, 3.8) is 0 Å². The molecule has 0 unspecified atom stereocenters. The topological polar surface area (TPSA) is 47.7 Å². The Morgan fingerprint density at radius 2 is 1.96 bits per heavy atom. The van der Waals surface area contributed by atoms with Crippen LogP contribution in [0.1, 0.15) is 35.7 Å². The van der Waals surface area contributed by atoms with Gasteiger partial charge in [-0.1, -0.05) is 48.0 Å². The van der Waals surface area contributed by atoms with E-state index in [0.29, 0.717) is 5.92 Å². The van der Waals surface area contributed by atoms with Crippen LogP contribution in [0.25, 0.3) is 22.0 Å². The maximum atomic E-state index is 4.38. The van der Waals surface area contributed by atoms with Crippen LogP contribution in [-0.4, -0.2) is 33.2 Å². The van der Waals surface area contributed by atoms with Crippen molar-refractivity contribution >= 4 is 10.9 Å². The van der Waals surface area contributed by atoms with Crippen LogP contribution in [0.2, 0.25) is 0 Å². The number of hydrogen-bond donors (Lipinski definition) is 2. The Kier molecular flexibility index (Phi) is 4.49. The van der Waals surface area contributed by atoms with Crippen molar-refractivity contribution < 1.29 is 0 Å². The number of aryl methyl sites for hydroxylation is 1.